The van der Waals surface area contributed by atoms with Crippen molar-refractivity contribution in [3.8, 4) is 0 Å². The van der Waals surface area contributed by atoms with Gasteiger partial charge in [0.1, 0.15) is 10.9 Å². The average molecular weight is 528 g/mol. The molecule has 13 heteroatoms. The average Bonchev–Trinajstić information content (AvgIpc) is 3.22. The molecule has 0 aliphatic heterocycles. The van der Waals surface area contributed by atoms with E-state index in [1.165, 1.54) is 25.1 Å². The van der Waals surface area contributed by atoms with Gasteiger partial charge >= 0.3 is 5.97 Å². The fraction of sp³-hybridized carbons (Fsp3) is 0.292. The zero-order valence-corrected chi connectivity index (χ0v) is 21.0. The fourth-order valence-corrected chi connectivity index (χ4v) is 4.78. The molecule has 0 spiro atoms. The van der Waals surface area contributed by atoms with Crippen molar-refractivity contribution in [3.05, 3.63) is 70.4 Å². The predicted molar refractivity (Wildman–Crippen MR) is 142 cm³/mol. The SMILES string of the molecule is COC(=O)[C@@H](CCCN=C(N)N)NC(=O)[C@H](N)Cc1cn(Sc2ccccc2[N+](=O)[O-])c2ccccc12. The van der Waals surface area contributed by atoms with E-state index in [2.05, 4.69) is 10.3 Å². The topological polar surface area (TPSA) is 194 Å². The molecule has 0 fully saturated rings. The summed E-state index contributed by atoms with van der Waals surface area (Å²) in [5, 5.41) is 15.0. The number of para-hydroxylation sites is 2. The molecule has 0 saturated heterocycles. The molecule has 1 heterocycles. The van der Waals surface area contributed by atoms with Crippen LogP contribution >= 0.6 is 11.9 Å². The Hall–Kier alpha value is -4.10. The van der Waals surface area contributed by atoms with Crippen molar-refractivity contribution in [3.63, 3.8) is 0 Å². The number of guanidine groups is 1. The zero-order chi connectivity index (χ0) is 26.9. The number of benzene rings is 2. The number of fused-ring (bicyclic) bond motifs is 1. The van der Waals surface area contributed by atoms with E-state index >= 15 is 0 Å². The number of nitro benzene ring substituents is 1. The van der Waals surface area contributed by atoms with Crippen molar-refractivity contribution in [1.82, 2.24) is 9.29 Å². The van der Waals surface area contributed by atoms with Crippen molar-refractivity contribution >= 4 is 46.4 Å². The van der Waals surface area contributed by atoms with Gasteiger partial charge in [-0.05, 0) is 48.9 Å². The number of hydrogen-bond acceptors (Lipinski definition) is 8. The first-order valence-corrected chi connectivity index (χ1v) is 12.2. The molecule has 0 aliphatic rings. The number of rotatable bonds is 12. The molecular weight excluding hydrogens is 498 g/mol. The largest absolute Gasteiger partial charge is 0.467 e. The van der Waals surface area contributed by atoms with E-state index in [-0.39, 0.29) is 24.5 Å². The number of aromatic nitrogens is 1. The van der Waals surface area contributed by atoms with Crippen LogP contribution in [0.3, 0.4) is 0 Å². The summed E-state index contributed by atoms with van der Waals surface area (Å²) >= 11 is 1.20. The van der Waals surface area contributed by atoms with E-state index in [9.17, 15) is 19.7 Å². The molecule has 7 N–H and O–H groups in total. The third-order valence-corrected chi connectivity index (χ3v) is 6.58. The van der Waals surface area contributed by atoms with E-state index in [1.807, 2.05) is 34.4 Å². The number of ether oxygens (including phenoxy) is 1. The lowest BCUT2D eigenvalue weighted by Crippen LogP contribution is -2.49. The highest BCUT2D eigenvalue weighted by Gasteiger charge is 2.25. The summed E-state index contributed by atoms with van der Waals surface area (Å²) in [7, 11) is 1.24. The number of nitrogens with zero attached hydrogens (tertiary/aromatic N) is 3. The summed E-state index contributed by atoms with van der Waals surface area (Å²) in [6.07, 6.45) is 2.71. The molecule has 1 amide bonds. The maximum absolute atomic E-state index is 12.9. The Morgan fingerprint density at radius 2 is 1.89 bits per heavy atom. The van der Waals surface area contributed by atoms with Crippen molar-refractivity contribution < 1.29 is 19.2 Å². The molecule has 0 radical (unpaired) electrons. The molecule has 0 unspecified atom stereocenters. The summed E-state index contributed by atoms with van der Waals surface area (Å²) in [6, 6.07) is 12.1. The standard InChI is InChI=1S/C24H29N7O5S/c1-36-23(33)18(8-6-12-28-24(26)27)29-22(32)17(25)13-15-14-30(19-9-3-2-7-16(15)19)37-21-11-5-4-10-20(21)31(34)35/h2-5,7,9-11,14,17-18H,6,8,12-13,25H2,1H3,(H,29,32)(H4,26,27,28)/t17-,18-/m1/s1. The van der Waals surface area contributed by atoms with E-state index < -0.39 is 28.9 Å². The minimum Gasteiger partial charge on any atom is -0.467 e. The molecule has 1 aromatic heterocycles. The number of carbonyl (C=O) groups is 2. The molecule has 196 valence electrons. The quantitative estimate of drug-likeness (QED) is 0.0677. The number of carbonyl (C=O) groups excluding carboxylic acids is 2. The number of nitrogens with one attached hydrogen (secondary N) is 1. The monoisotopic (exact) mass is 527 g/mol. The molecule has 0 saturated carbocycles. The molecule has 2 atom stereocenters. The van der Waals surface area contributed by atoms with Crippen LogP contribution in [0.25, 0.3) is 10.9 Å². The number of nitrogens with two attached hydrogens (primary N) is 3. The number of aliphatic imine (C=N–C) groups is 1. The highest BCUT2D eigenvalue weighted by molar-refractivity contribution is 7.98. The first-order chi connectivity index (χ1) is 17.7. The molecule has 3 aromatic rings. The van der Waals surface area contributed by atoms with E-state index in [0.717, 1.165) is 16.5 Å². The Labute approximate surface area is 217 Å². The Bertz CT molecular complexity index is 1310. The van der Waals surface area contributed by atoms with Gasteiger partial charge < -0.3 is 27.3 Å². The predicted octanol–water partition coefficient (Wildman–Crippen LogP) is 1.69. The Morgan fingerprint density at radius 1 is 1.19 bits per heavy atom. The lowest BCUT2D eigenvalue weighted by Gasteiger charge is -2.19. The second-order valence-corrected chi connectivity index (χ2v) is 9.17. The van der Waals surface area contributed by atoms with Crippen molar-refractivity contribution in [2.45, 2.75) is 36.2 Å². The third kappa shape index (κ3) is 7.21. The minimum absolute atomic E-state index is 0.00315. The summed E-state index contributed by atoms with van der Waals surface area (Å²) in [6.45, 7) is 0.300. The van der Waals surface area contributed by atoms with Gasteiger partial charge in [0.15, 0.2) is 5.96 Å². The second-order valence-electron chi connectivity index (χ2n) is 8.16. The van der Waals surface area contributed by atoms with Gasteiger partial charge in [-0.25, -0.2) is 4.79 Å². The molecule has 0 bridgehead atoms. The second kappa shape index (κ2) is 12.7. The number of nitro groups is 1. The lowest BCUT2D eigenvalue weighted by molar-refractivity contribution is -0.387. The zero-order valence-electron chi connectivity index (χ0n) is 20.2. The van der Waals surface area contributed by atoms with E-state index in [4.69, 9.17) is 21.9 Å². The van der Waals surface area contributed by atoms with Crippen LogP contribution in [0.4, 0.5) is 5.69 Å². The summed E-state index contributed by atoms with van der Waals surface area (Å²) in [5.74, 6) is -1.16. The fourth-order valence-electron chi connectivity index (χ4n) is 3.75. The van der Waals surface area contributed by atoms with Crippen molar-refractivity contribution in [2.75, 3.05) is 13.7 Å². The van der Waals surface area contributed by atoms with Gasteiger partial charge in [-0.15, -0.1) is 0 Å². The number of amides is 1. The first-order valence-electron chi connectivity index (χ1n) is 11.4. The number of esters is 1. The highest BCUT2D eigenvalue weighted by Crippen LogP contribution is 2.34. The maximum atomic E-state index is 12.9. The van der Waals surface area contributed by atoms with Crippen LogP contribution in [-0.4, -0.2) is 52.5 Å². The van der Waals surface area contributed by atoms with Gasteiger partial charge in [0, 0.05) is 24.2 Å². The number of hydrogen-bond donors (Lipinski definition) is 4. The van der Waals surface area contributed by atoms with Gasteiger partial charge in [0.05, 0.1) is 23.6 Å². The molecule has 3 rings (SSSR count). The maximum Gasteiger partial charge on any atom is 0.328 e. The Balaban J connectivity index is 1.76. The normalized spacial score (nSPS) is 12.5. The number of methoxy groups -OCH3 is 1. The molecule has 12 nitrogen and oxygen atoms in total. The minimum atomic E-state index is -0.958. The van der Waals surface area contributed by atoms with Crippen LogP contribution in [-0.2, 0) is 20.7 Å². The van der Waals surface area contributed by atoms with Crippen LogP contribution in [0.5, 0.6) is 0 Å². The molecular formula is C24H29N7O5S. The molecule has 2 aromatic carbocycles. The summed E-state index contributed by atoms with van der Waals surface area (Å²) < 4.78 is 6.62. The Kier molecular flexibility index (Phi) is 9.46. The van der Waals surface area contributed by atoms with Gasteiger partial charge in [0.2, 0.25) is 5.91 Å². The third-order valence-electron chi connectivity index (χ3n) is 5.54. The van der Waals surface area contributed by atoms with Crippen LogP contribution < -0.4 is 22.5 Å². The van der Waals surface area contributed by atoms with Crippen molar-refractivity contribution in [2.24, 2.45) is 22.2 Å². The van der Waals surface area contributed by atoms with Crippen LogP contribution in [0.15, 0.2) is 64.6 Å². The molecule has 0 aliphatic carbocycles. The van der Waals surface area contributed by atoms with Gasteiger partial charge in [0.25, 0.3) is 5.69 Å². The molecule has 37 heavy (non-hydrogen) atoms. The summed E-state index contributed by atoms with van der Waals surface area (Å²) in [5.41, 5.74) is 18.4. The van der Waals surface area contributed by atoms with E-state index in [0.29, 0.717) is 17.9 Å². The highest BCUT2D eigenvalue weighted by atomic mass is 32.2. The van der Waals surface area contributed by atoms with E-state index in [1.54, 1.807) is 18.2 Å². The first kappa shape index (κ1) is 27.5. The smallest absolute Gasteiger partial charge is 0.328 e. The Morgan fingerprint density at radius 3 is 2.59 bits per heavy atom. The summed E-state index contributed by atoms with van der Waals surface area (Å²) in [4.78, 5) is 40.4. The van der Waals surface area contributed by atoms with Gasteiger partial charge in [-0.1, -0.05) is 30.3 Å². The van der Waals surface area contributed by atoms with Crippen LogP contribution in [0, 0.1) is 10.1 Å². The van der Waals surface area contributed by atoms with Crippen LogP contribution in [0.1, 0.15) is 18.4 Å². The van der Waals surface area contributed by atoms with Gasteiger partial charge in [-0.2, -0.15) is 0 Å². The van der Waals surface area contributed by atoms with Gasteiger partial charge in [-0.3, -0.25) is 23.9 Å². The van der Waals surface area contributed by atoms with Crippen molar-refractivity contribution in [1.29, 1.82) is 0 Å². The van der Waals surface area contributed by atoms with Crippen LogP contribution in [0.2, 0.25) is 0 Å². The lowest BCUT2D eigenvalue weighted by atomic mass is 10.0.